The summed E-state index contributed by atoms with van der Waals surface area (Å²) in [7, 11) is 0. The zero-order valence-electron chi connectivity index (χ0n) is 11.4. The lowest BCUT2D eigenvalue weighted by Crippen LogP contribution is -2.10. The highest BCUT2D eigenvalue weighted by atomic mass is 16.4. The molecule has 1 aliphatic heterocycles. The predicted octanol–water partition coefficient (Wildman–Crippen LogP) is 0.356. The molecule has 5 N–H and O–H groups in total. The first-order valence-electron chi connectivity index (χ1n) is 6.00. The highest BCUT2D eigenvalue weighted by molar-refractivity contribution is 6.27. The average molecular weight is 313 g/mol. The molecular weight excluding hydrogens is 298 g/mol. The first kappa shape index (κ1) is 18.9. The minimum Gasteiger partial charge on any atom is -0.473 e. The summed E-state index contributed by atoms with van der Waals surface area (Å²) in [5, 5.41) is 32.9. The van der Waals surface area contributed by atoms with Crippen LogP contribution >= 0.6 is 0 Å². The van der Waals surface area contributed by atoms with Gasteiger partial charge in [0.25, 0.3) is 0 Å². The normalized spacial score (nSPS) is 11.1. The summed E-state index contributed by atoms with van der Waals surface area (Å²) in [5.74, 6) is -7.30. The van der Waals surface area contributed by atoms with Crippen molar-refractivity contribution in [3.8, 4) is 0 Å². The summed E-state index contributed by atoms with van der Waals surface area (Å²) in [5.41, 5.74) is 2.79. The van der Waals surface area contributed by atoms with E-state index in [1.165, 1.54) is 24.1 Å². The summed E-state index contributed by atoms with van der Waals surface area (Å²) in [6.07, 6.45) is 2.51. The Hall–Kier alpha value is -3.10. The van der Waals surface area contributed by atoms with Crippen molar-refractivity contribution in [2.45, 2.75) is 12.8 Å². The van der Waals surface area contributed by atoms with Crippen LogP contribution < -0.4 is 5.32 Å². The number of carboxylic acid groups (broad SMARTS) is 4. The Morgan fingerprint density at radius 1 is 0.818 bits per heavy atom. The van der Waals surface area contributed by atoms with Crippen molar-refractivity contribution >= 4 is 29.6 Å². The number of carboxylic acids is 4. The Balaban J connectivity index is 0.000000324. The number of hydrogen-bond donors (Lipinski definition) is 5. The van der Waals surface area contributed by atoms with E-state index < -0.39 is 23.9 Å². The molecule has 0 bridgehead atoms. The van der Waals surface area contributed by atoms with Crippen LogP contribution in [0.5, 0.6) is 0 Å². The molecule has 9 nitrogen and oxygen atoms in total. The number of para-hydroxylation sites is 1. The predicted molar refractivity (Wildman–Crippen MR) is 73.8 cm³/mol. The molecule has 0 saturated heterocycles. The van der Waals surface area contributed by atoms with Crippen molar-refractivity contribution in [1.82, 2.24) is 0 Å². The van der Waals surface area contributed by atoms with E-state index in [1.807, 2.05) is 0 Å². The fraction of sp³-hybridized carbons (Fsp3) is 0.231. The molecule has 0 saturated carbocycles. The second-order valence-electron chi connectivity index (χ2n) is 3.91. The molecule has 0 aromatic heterocycles. The summed E-state index contributed by atoms with van der Waals surface area (Å²) in [6.45, 7) is 1.14. The minimum absolute atomic E-state index is 1.14. The van der Waals surface area contributed by atoms with Crippen LogP contribution in [-0.2, 0) is 25.6 Å². The van der Waals surface area contributed by atoms with Crippen LogP contribution in [0, 0.1) is 0 Å². The van der Waals surface area contributed by atoms with E-state index in [9.17, 15) is 0 Å². The Bertz CT molecular complexity index is 482. The second kappa shape index (κ2) is 9.75. The lowest BCUT2D eigenvalue weighted by Gasteiger charge is -2.16. The number of anilines is 1. The number of aryl methyl sites for hydroxylation is 1. The average Bonchev–Trinajstić information content (AvgIpc) is 2.48. The van der Waals surface area contributed by atoms with Gasteiger partial charge in [-0.3, -0.25) is 0 Å². The molecule has 22 heavy (non-hydrogen) atoms. The standard InChI is InChI=1S/C9H11N.2C2H2O4/c1-2-6-9-8(4-1)5-3-7-10-9;2*3-1(4)2(5)6/h1-2,4,6,10H,3,5,7H2;2*(H,3,4)(H,5,6). The van der Waals surface area contributed by atoms with Crippen LogP contribution in [0.25, 0.3) is 0 Å². The Morgan fingerprint density at radius 2 is 1.27 bits per heavy atom. The zero-order valence-corrected chi connectivity index (χ0v) is 11.4. The molecule has 1 aliphatic rings. The van der Waals surface area contributed by atoms with E-state index in [2.05, 4.69) is 29.6 Å². The molecule has 0 aliphatic carbocycles. The molecule has 0 radical (unpaired) electrons. The SMILES string of the molecule is O=C(O)C(=O)O.O=C(O)C(=O)O.c1ccc2c(c1)CCCN2. The van der Waals surface area contributed by atoms with E-state index in [-0.39, 0.29) is 0 Å². The molecule has 0 fully saturated rings. The third-order valence-corrected chi connectivity index (χ3v) is 2.32. The van der Waals surface area contributed by atoms with Crippen LogP contribution in [0.4, 0.5) is 5.69 Å². The smallest absolute Gasteiger partial charge is 0.414 e. The quantitative estimate of drug-likeness (QED) is 0.425. The Morgan fingerprint density at radius 3 is 1.68 bits per heavy atom. The van der Waals surface area contributed by atoms with Gasteiger partial charge < -0.3 is 25.7 Å². The number of benzene rings is 1. The van der Waals surface area contributed by atoms with Gasteiger partial charge in [-0.1, -0.05) is 18.2 Å². The molecule has 0 atom stereocenters. The second-order valence-corrected chi connectivity index (χ2v) is 3.91. The molecule has 1 aromatic rings. The maximum Gasteiger partial charge on any atom is 0.414 e. The highest BCUT2D eigenvalue weighted by Gasteiger charge is 2.05. The van der Waals surface area contributed by atoms with Crippen LogP contribution in [0.2, 0.25) is 0 Å². The zero-order chi connectivity index (χ0) is 17.1. The highest BCUT2D eigenvalue weighted by Crippen LogP contribution is 2.20. The van der Waals surface area contributed by atoms with Gasteiger partial charge in [0.2, 0.25) is 0 Å². The summed E-state index contributed by atoms with van der Waals surface area (Å²) in [4.78, 5) is 36.4. The lowest BCUT2D eigenvalue weighted by molar-refractivity contribution is -0.159. The van der Waals surface area contributed by atoms with E-state index in [4.69, 9.17) is 39.6 Å². The van der Waals surface area contributed by atoms with Crippen LogP contribution in [0.1, 0.15) is 12.0 Å². The van der Waals surface area contributed by atoms with Crippen molar-refractivity contribution in [2.75, 3.05) is 11.9 Å². The van der Waals surface area contributed by atoms with Gasteiger partial charge in [-0.25, -0.2) is 19.2 Å². The van der Waals surface area contributed by atoms with Gasteiger partial charge in [-0.15, -0.1) is 0 Å². The van der Waals surface area contributed by atoms with Gasteiger partial charge in [0.1, 0.15) is 0 Å². The molecule has 120 valence electrons. The number of hydrogen-bond acceptors (Lipinski definition) is 5. The molecular formula is C13H15NO8. The third kappa shape index (κ3) is 8.15. The van der Waals surface area contributed by atoms with Crippen molar-refractivity contribution in [3.05, 3.63) is 29.8 Å². The largest absolute Gasteiger partial charge is 0.473 e. The number of nitrogens with one attached hydrogen (secondary N) is 1. The summed E-state index contributed by atoms with van der Waals surface area (Å²) in [6, 6.07) is 8.53. The first-order valence-corrected chi connectivity index (χ1v) is 6.00. The van der Waals surface area contributed by atoms with Gasteiger partial charge in [-0.05, 0) is 24.5 Å². The van der Waals surface area contributed by atoms with Crippen molar-refractivity contribution in [3.63, 3.8) is 0 Å². The van der Waals surface area contributed by atoms with Crippen LogP contribution in [0.15, 0.2) is 24.3 Å². The van der Waals surface area contributed by atoms with Crippen molar-refractivity contribution in [2.24, 2.45) is 0 Å². The Labute approximate surface area is 124 Å². The third-order valence-electron chi connectivity index (χ3n) is 2.32. The van der Waals surface area contributed by atoms with Crippen LogP contribution in [0.3, 0.4) is 0 Å². The van der Waals surface area contributed by atoms with E-state index in [1.54, 1.807) is 0 Å². The topological polar surface area (TPSA) is 161 Å². The monoisotopic (exact) mass is 313 g/mol. The van der Waals surface area contributed by atoms with Crippen molar-refractivity contribution in [1.29, 1.82) is 0 Å². The fourth-order valence-electron chi connectivity index (χ4n) is 1.41. The van der Waals surface area contributed by atoms with Crippen LogP contribution in [-0.4, -0.2) is 50.8 Å². The van der Waals surface area contributed by atoms with E-state index in [0.717, 1.165) is 6.54 Å². The molecule has 1 heterocycles. The van der Waals surface area contributed by atoms with Gasteiger partial charge in [0.05, 0.1) is 0 Å². The fourth-order valence-corrected chi connectivity index (χ4v) is 1.41. The molecule has 9 heteroatoms. The summed E-state index contributed by atoms with van der Waals surface area (Å²) < 4.78 is 0. The lowest BCUT2D eigenvalue weighted by atomic mass is 10.0. The first-order chi connectivity index (χ1) is 10.3. The van der Waals surface area contributed by atoms with E-state index >= 15 is 0 Å². The molecule has 0 spiro atoms. The molecule has 1 aromatic carbocycles. The van der Waals surface area contributed by atoms with Gasteiger partial charge in [0, 0.05) is 12.2 Å². The molecule has 2 rings (SSSR count). The maximum atomic E-state index is 9.10. The van der Waals surface area contributed by atoms with Gasteiger partial charge in [-0.2, -0.15) is 0 Å². The van der Waals surface area contributed by atoms with Crippen molar-refractivity contribution < 1.29 is 39.6 Å². The van der Waals surface area contributed by atoms with Gasteiger partial charge in [0.15, 0.2) is 0 Å². The molecule has 0 unspecified atom stereocenters. The maximum absolute atomic E-state index is 9.10. The minimum atomic E-state index is -1.82. The number of fused-ring (bicyclic) bond motifs is 1. The molecule has 0 amide bonds. The van der Waals surface area contributed by atoms with Gasteiger partial charge >= 0.3 is 23.9 Å². The van der Waals surface area contributed by atoms with E-state index in [0.29, 0.717) is 0 Å². The summed E-state index contributed by atoms with van der Waals surface area (Å²) >= 11 is 0. The number of aliphatic carboxylic acids is 4. The Kier molecular flexibility index (Phi) is 8.38. The number of rotatable bonds is 0. The number of carbonyl (C=O) groups is 4.